The molecule has 0 fully saturated rings. The number of aryl methyl sites for hydroxylation is 1. The van der Waals surface area contributed by atoms with Crippen molar-refractivity contribution in [2.24, 2.45) is 7.05 Å². The van der Waals surface area contributed by atoms with Crippen LogP contribution in [0.5, 0.6) is 0 Å². The summed E-state index contributed by atoms with van der Waals surface area (Å²) in [6.07, 6.45) is -4.58. The summed E-state index contributed by atoms with van der Waals surface area (Å²) in [6.45, 7) is 2.13. The summed E-state index contributed by atoms with van der Waals surface area (Å²) in [7, 11) is 1.38. The number of non-ortho nitro benzene ring substituents is 1. The number of rotatable bonds is 7. The Morgan fingerprint density at radius 1 is 1.26 bits per heavy atom. The molecule has 1 amide bonds. The normalized spacial score (nSPS) is 11.5. The van der Waals surface area contributed by atoms with Crippen LogP contribution < -0.4 is 5.32 Å². The minimum absolute atomic E-state index is 0.0473. The standard InChI is InChI=1S/C17H16F3N7O3S/c1-3-26-15(12-8-13(17(18,19)20)24-25(12)2)22-23-16(26)31-9-14(28)21-10-4-6-11(7-5-10)27(29)30/h4-8H,3,9H2,1-2H3,(H,21,28). The van der Waals surface area contributed by atoms with Crippen LogP contribution in [-0.4, -0.2) is 41.1 Å². The highest BCUT2D eigenvalue weighted by Gasteiger charge is 2.35. The molecule has 0 bridgehead atoms. The summed E-state index contributed by atoms with van der Waals surface area (Å²) < 4.78 is 41.5. The monoisotopic (exact) mass is 455 g/mol. The first-order valence-electron chi connectivity index (χ1n) is 8.82. The minimum Gasteiger partial charge on any atom is -0.325 e. The molecular weight excluding hydrogens is 439 g/mol. The van der Waals surface area contributed by atoms with Crippen molar-refractivity contribution in [1.29, 1.82) is 0 Å². The molecule has 164 valence electrons. The van der Waals surface area contributed by atoms with Crippen LogP contribution in [0.2, 0.25) is 0 Å². The number of anilines is 1. The van der Waals surface area contributed by atoms with Gasteiger partial charge in [-0.05, 0) is 25.1 Å². The zero-order valence-corrected chi connectivity index (χ0v) is 17.1. The highest BCUT2D eigenvalue weighted by atomic mass is 32.2. The first kappa shape index (κ1) is 22.3. The van der Waals surface area contributed by atoms with Crippen LogP contribution >= 0.6 is 11.8 Å². The van der Waals surface area contributed by atoms with E-state index in [1.807, 2.05) is 0 Å². The van der Waals surface area contributed by atoms with Crippen LogP contribution in [-0.2, 0) is 24.6 Å². The SMILES string of the molecule is CCn1c(SCC(=O)Nc2ccc([N+](=O)[O-])cc2)nnc1-c1cc(C(F)(F)F)nn1C. The molecule has 0 aliphatic rings. The number of thioether (sulfide) groups is 1. The summed E-state index contributed by atoms with van der Waals surface area (Å²) in [5.41, 5.74) is -0.598. The molecule has 1 N–H and O–H groups in total. The van der Waals surface area contributed by atoms with Gasteiger partial charge in [0.2, 0.25) is 5.91 Å². The Hall–Kier alpha value is -3.42. The number of hydrogen-bond acceptors (Lipinski definition) is 7. The van der Waals surface area contributed by atoms with Gasteiger partial charge in [-0.3, -0.25) is 19.6 Å². The van der Waals surface area contributed by atoms with Crippen LogP contribution in [0.3, 0.4) is 0 Å². The zero-order chi connectivity index (χ0) is 22.8. The molecule has 2 heterocycles. The van der Waals surface area contributed by atoms with Crippen molar-refractivity contribution in [3.8, 4) is 11.5 Å². The Bertz CT molecular complexity index is 1110. The molecule has 31 heavy (non-hydrogen) atoms. The van der Waals surface area contributed by atoms with E-state index in [0.717, 1.165) is 22.5 Å². The van der Waals surface area contributed by atoms with Gasteiger partial charge in [0, 0.05) is 31.4 Å². The molecule has 0 atom stereocenters. The second kappa shape index (κ2) is 8.75. The maximum Gasteiger partial charge on any atom is 0.435 e. The van der Waals surface area contributed by atoms with E-state index in [-0.39, 0.29) is 28.9 Å². The smallest absolute Gasteiger partial charge is 0.325 e. The van der Waals surface area contributed by atoms with E-state index >= 15 is 0 Å². The third-order valence-corrected chi connectivity index (χ3v) is 5.09. The molecule has 0 spiro atoms. The number of hydrogen-bond donors (Lipinski definition) is 1. The summed E-state index contributed by atoms with van der Waals surface area (Å²) in [4.78, 5) is 22.3. The molecule has 3 rings (SSSR count). The number of aromatic nitrogens is 5. The van der Waals surface area contributed by atoms with Gasteiger partial charge >= 0.3 is 6.18 Å². The quantitative estimate of drug-likeness (QED) is 0.329. The molecule has 0 saturated heterocycles. The van der Waals surface area contributed by atoms with Gasteiger partial charge in [0.1, 0.15) is 5.69 Å². The Labute approximate surface area is 177 Å². The predicted molar refractivity (Wildman–Crippen MR) is 105 cm³/mol. The van der Waals surface area contributed by atoms with E-state index in [9.17, 15) is 28.1 Å². The molecule has 0 saturated carbocycles. The number of alkyl halides is 3. The third-order valence-electron chi connectivity index (χ3n) is 4.13. The van der Waals surface area contributed by atoms with Crippen LogP contribution in [0.25, 0.3) is 11.5 Å². The van der Waals surface area contributed by atoms with Gasteiger partial charge < -0.3 is 9.88 Å². The molecule has 0 radical (unpaired) electrons. The predicted octanol–water partition coefficient (Wildman–Crippen LogP) is 3.36. The van der Waals surface area contributed by atoms with Gasteiger partial charge in [0.05, 0.1) is 10.7 Å². The number of benzene rings is 1. The molecule has 14 heteroatoms. The molecule has 1 aromatic carbocycles. The minimum atomic E-state index is -4.58. The third kappa shape index (κ3) is 5.02. The molecule has 0 aliphatic heterocycles. The van der Waals surface area contributed by atoms with Gasteiger partial charge in [0.15, 0.2) is 16.7 Å². The van der Waals surface area contributed by atoms with Gasteiger partial charge in [-0.15, -0.1) is 10.2 Å². The molecular formula is C17H16F3N7O3S. The number of nitrogens with zero attached hydrogens (tertiary/aromatic N) is 6. The van der Waals surface area contributed by atoms with E-state index in [0.29, 0.717) is 17.4 Å². The van der Waals surface area contributed by atoms with Crippen molar-refractivity contribution < 1.29 is 22.9 Å². The van der Waals surface area contributed by atoms with Crippen molar-refractivity contribution in [1.82, 2.24) is 24.5 Å². The van der Waals surface area contributed by atoms with Crippen molar-refractivity contribution >= 4 is 29.0 Å². The van der Waals surface area contributed by atoms with E-state index < -0.39 is 16.8 Å². The average molecular weight is 455 g/mol. The van der Waals surface area contributed by atoms with Gasteiger partial charge in [-0.2, -0.15) is 18.3 Å². The van der Waals surface area contributed by atoms with E-state index in [1.54, 1.807) is 11.5 Å². The van der Waals surface area contributed by atoms with Gasteiger partial charge in [-0.25, -0.2) is 0 Å². The lowest BCUT2D eigenvalue weighted by atomic mass is 10.3. The lowest BCUT2D eigenvalue weighted by Gasteiger charge is -2.08. The number of nitrogens with one attached hydrogen (secondary N) is 1. The Morgan fingerprint density at radius 3 is 2.48 bits per heavy atom. The molecule has 3 aromatic rings. The highest BCUT2D eigenvalue weighted by Crippen LogP contribution is 2.32. The fourth-order valence-corrected chi connectivity index (χ4v) is 3.48. The van der Waals surface area contributed by atoms with Crippen LogP contribution in [0.4, 0.5) is 24.5 Å². The average Bonchev–Trinajstić information content (AvgIpc) is 3.29. The molecule has 10 nitrogen and oxygen atoms in total. The number of amides is 1. The highest BCUT2D eigenvalue weighted by molar-refractivity contribution is 7.99. The Kier molecular flexibility index (Phi) is 6.29. The van der Waals surface area contributed by atoms with Crippen molar-refractivity contribution in [2.75, 3.05) is 11.1 Å². The largest absolute Gasteiger partial charge is 0.435 e. The lowest BCUT2D eigenvalue weighted by Crippen LogP contribution is -2.14. The first-order chi connectivity index (χ1) is 14.6. The lowest BCUT2D eigenvalue weighted by molar-refractivity contribution is -0.384. The Balaban J connectivity index is 1.71. The van der Waals surface area contributed by atoms with Crippen molar-refractivity contribution in [3.63, 3.8) is 0 Å². The van der Waals surface area contributed by atoms with Crippen molar-refractivity contribution in [2.45, 2.75) is 24.8 Å². The number of carbonyl (C=O) groups excluding carboxylic acids is 1. The number of nitro groups is 1. The number of carbonyl (C=O) groups is 1. The van der Waals surface area contributed by atoms with Crippen LogP contribution in [0, 0.1) is 10.1 Å². The van der Waals surface area contributed by atoms with Gasteiger partial charge in [-0.1, -0.05) is 11.8 Å². The molecule has 2 aromatic heterocycles. The summed E-state index contributed by atoms with van der Waals surface area (Å²) in [6, 6.07) is 6.26. The number of nitro benzene ring substituents is 1. The van der Waals surface area contributed by atoms with E-state index in [2.05, 4.69) is 20.6 Å². The topological polar surface area (TPSA) is 121 Å². The molecule has 0 aliphatic carbocycles. The van der Waals surface area contributed by atoms with Crippen molar-refractivity contribution in [3.05, 3.63) is 46.1 Å². The maximum atomic E-state index is 12.9. The van der Waals surface area contributed by atoms with E-state index in [4.69, 9.17) is 0 Å². The fourth-order valence-electron chi connectivity index (χ4n) is 2.68. The first-order valence-corrected chi connectivity index (χ1v) is 9.80. The van der Waals surface area contributed by atoms with E-state index in [1.165, 1.54) is 31.3 Å². The summed E-state index contributed by atoms with van der Waals surface area (Å²) in [5, 5.41) is 25.1. The summed E-state index contributed by atoms with van der Waals surface area (Å²) >= 11 is 1.06. The number of halogens is 3. The van der Waals surface area contributed by atoms with Gasteiger partial charge in [0.25, 0.3) is 5.69 Å². The molecule has 0 unspecified atom stereocenters. The zero-order valence-electron chi connectivity index (χ0n) is 16.3. The maximum absolute atomic E-state index is 12.9. The Morgan fingerprint density at radius 2 is 1.94 bits per heavy atom. The van der Waals surface area contributed by atoms with Crippen LogP contribution in [0.1, 0.15) is 12.6 Å². The second-order valence-electron chi connectivity index (χ2n) is 6.23. The van der Waals surface area contributed by atoms with Crippen LogP contribution in [0.15, 0.2) is 35.5 Å². The second-order valence-corrected chi connectivity index (χ2v) is 7.17. The summed E-state index contributed by atoms with van der Waals surface area (Å²) in [5.74, 6) is -0.230. The fraction of sp³-hybridized carbons (Fsp3) is 0.294.